The van der Waals surface area contributed by atoms with Crippen molar-refractivity contribution < 1.29 is 35.1 Å². The lowest BCUT2D eigenvalue weighted by Gasteiger charge is -2.51. The van der Waals surface area contributed by atoms with Crippen molar-refractivity contribution in [3.8, 4) is 22.6 Å². The molecule has 0 spiro atoms. The predicted octanol–water partition coefficient (Wildman–Crippen LogP) is 0.944. The Morgan fingerprint density at radius 2 is 1.44 bits per heavy atom. The van der Waals surface area contributed by atoms with E-state index in [2.05, 4.69) is 0 Å². The van der Waals surface area contributed by atoms with Crippen LogP contribution in [0.5, 0.6) is 11.5 Å². The third-order valence-corrected chi connectivity index (χ3v) is 6.11. The van der Waals surface area contributed by atoms with Crippen LogP contribution < -0.4 is 0 Å². The predicted molar refractivity (Wildman–Crippen MR) is 91.8 cm³/mol. The molecule has 7 nitrogen and oxygen atoms in total. The third kappa shape index (κ3) is 1.76. The summed E-state index contributed by atoms with van der Waals surface area (Å²) in [6.07, 6.45) is -3.61. The van der Waals surface area contributed by atoms with E-state index >= 15 is 0 Å². The van der Waals surface area contributed by atoms with Crippen molar-refractivity contribution in [3.05, 3.63) is 46.5 Å². The normalized spacial score (nSPS) is 30.7. The van der Waals surface area contributed by atoms with Gasteiger partial charge in [-0.25, -0.2) is 0 Å². The topological polar surface area (TPSA) is 135 Å². The van der Waals surface area contributed by atoms with Crippen molar-refractivity contribution in [1.82, 2.24) is 0 Å². The molecule has 5 N–H and O–H groups in total. The summed E-state index contributed by atoms with van der Waals surface area (Å²) >= 11 is 0. The van der Waals surface area contributed by atoms with Crippen LogP contribution in [0.3, 0.4) is 0 Å². The molecular weight excluding hydrogens is 352 g/mol. The largest absolute Gasteiger partial charge is 0.507 e. The monoisotopic (exact) mass is 368 g/mol. The Kier molecular flexibility index (Phi) is 3.01. The summed E-state index contributed by atoms with van der Waals surface area (Å²) in [5.74, 6) is -2.66. The van der Waals surface area contributed by atoms with E-state index in [4.69, 9.17) is 0 Å². The molecule has 0 heterocycles. The summed E-state index contributed by atoms with van der Waals surface area (Å²) in [7, 11) is 0. The SMILES string of the molecule is O=C1C[C@H](O)[C@@H]2c3c(ccc(O)c31)-c1ccc(O)c3c1[C@@]2(O)[C@@H](O)CC3=O. The van der Waals surface area contributed by atoms with Gasteiger partial charge in [0.2, 0.25) is 0 Å². The highest BCUT2D eigenvalue weighted by Crippen LogP contribution is 2.60. The van der Waals surface area contributed by atoms with Crippen LogP contribution in [0.4, 0.5) is 0 Å². The molecule has 27 heavy (non-hydrogen) atoms. The minimum Gasteiger partial charge on any atom is -0.507 e. The van der Waals surface area contributed by atoms with Crippen molar-refractivity contribution in [2.24, 2.45) is 0 Å². The highest BCUT2D eigenvalue weighted by molar-refractivity contribution is 6.08. The molecule has 4 atom stereocenters. The van der Waals surface area contributed by atoms with Crippen LogP contribution in [-0.4, -0.2) is 49.3 Å². The van der Waals surface area contributed by atoms with Crippen LogP contribution in [0.25, 0.3) is 11.1 Å². The molecule has 3 aliphatic rings. The Morgan fingerprint density at radius 1 is 0.852 bits per heavy atom. The van der Waals surface area contributed by atoms with Crippen molar-refractivity contribution in [2.45, 2.75) is 36.6 Å². The summed E-state index contributed by atoms with van der Waals surface area (Å²) in [6.45, 7) is 0. The number of rotatable bonds is 0. The van der Waals surface area contributed by atoms with Crippen LogP contribution in [0.15, 0.2) is 24.3 Å². The number of phenolic OH excluding ortho intramolecular Hbond substituents is 2. The second kappa shape index (κ2) is 4.95. The van der Waals surface area contributed by atoms with Gasteiger partial charge in [-0.3, -0.25) is 9.59 Å². The van der Waals surface area contributed by atoms with Gasteiger partial charge in [-0.15, -0.1) is 0 Å². The van der Waals surface area contributed by atoms with E-state index in [9.17, 15) is 35.1 Å². The first-order valence-corrected chi connectivity index (χ1v) is 8.64. The second-order valence-electron chi connectivity index (χ2n) is 7.44. The molecule has 0 fully saturated rings. The number of Topliss-reactive ketones (excluding diaryl/α,β-unsaturated/α-hetero) is 2. The molecule has 3 aliphatic carbocycles. The molecular formula is C20H16O7. The molecule has 7 heteroatoms. The van der Waals surface area contributed by atoms with Crippen LogP contribution >= 0.6 is 0 Å². The zero-order valence-corrected chi connectivity index (χ0v) is 14.0. The molecule has 2 aromatic rings. The number of hydrogen-bond acceptors (Lipinski definition) is 7. The Bertz CT molecular complexity index is 1060. The Morgan fingerprint density at radius 3 is 2.15 bits per heavy atom. The average Bonchev–Trinajstić information content (AvgIpc) is 2.59. The van der Waals surface area contributed by atoms with E-state index in [1.165, 1.54) is 18.2 Å². The number of phenols is 2. The molecule has 138 valence electrons. The maximum Gasteiger partial charge on any atom is 0.169 e. The van der Waals surface area contributed by atoms with Crippen LogP contribution in [0.2, 0.25) is 0 Å². The van der Waals surface area contributed by atoms with Gasteiger partial charge in [0.15, 0.2) is 11.6 Å². The standard InChI is InChI=1S/C20H16O7/c21-9-3-1-7-8-2-4-10(22)17-12(24)6-14(26)20(27,18(8)17)19-13(25)5-11(23)16(9)15(7)19/h1-4,13-14,19,21-22,25-27H,5-6H2/t13-,14-,19+,20-/m0/s1. The number of benzene rings is 2. The van der Waals surface area contributed by atoms with Crippen molar-refractivity contribution >= 4 is 11.6 Å². The van der Waals surface area contributed by atoms with Crippen LogP contribution in [-0.2, 0) is 5.60 Å². The minimum absolute atomic E-state index is 0.0144. The van der Waals surface area contributed by atoms with Crippen molar-refractivity contribution in [1.29, 1.82) is 0 Å². The summed E-state index contributed by atoms with van der Waals surface area (Å²) in [4.78, 5) is 25.0. The number of aliphatic hydroxyl groups is 3. The van der Waals surface area contributed by atoms with Gasteiger partial charge in [0.1, 0.15) is 17.1 Å². The van der Waals surface area contributed by atoms with Crippen molar-refractivity contribution in [3.63, 3.8) is 0 Å². The Balaban J connectivity index is 2.00. The quantitative estimate of drug-likeness (QED) is 0.467. The number of aliphatic hydroxyl groups excluding tert-OH is 2. The number of fused-ring (bicyclic) bond motifs is 2. The molecule has 0 bridgehead atoms. The van der Waals surface area contributed by atoms with E-state index in [-0.39, 0.29) is 40.2 Å². The molecule has 2 aromatic carbocycles. The molecule has 0 saturated heterocycles. The average molecular weight is 368 g/mol. The van der Waals surface area contributed by atoms with E-state index in [0.717, 1.165) is 0 Å². The molecule has 5 rings (SSSR count). The van der Waals surface area contributed by atoms with Gasteiger partial charge in [0.25, 0.3) is 0 Å². The fraction of sp³-hybridized carbons (Fsp3) is 0.300. The minimum atomic E-state index is -2.08. The number of aromatic hydroxyl groups is 2. The van der Waals surface area contributed by atoms with Crippen LogP contribution in [0.1, 0.15) is 50.6 Å². The molecule has 0 amide bonds. The zero-order valence-electron chi connectivity index (χ0n) is 14.0. The first-order valence-electron chi connectivity index (χ1n) is 8.64. The van der Waals surface area contributed by atoms with E-state index in [1.807, 2.05) is 0 Å². The van der Waals surface area contributed by atoms with Gasteiger partial charge in [-0.2, -0.15) is 0 Å². The van der Waals surface area contributed by atoms with Gasteiger partial charge < -0.3 is 25.5 Å². The Labute approximate surface area is 153 Å². The van der Waals surface area contributed by atoms with Gasteiger partial charge >= 0.3 is 0 Å². The van der Waals surface area contributed by atoms with Gasteiger partial charge in [0, 0.05) is 24.3 Å². The van der Waals surface area contributed by atoms with Crippen LogP contribution in [0, 0.1) is 0 Å². The lowest BCUT2D eigenvalue weighted by molar-refractivity contribution is -0.127. The maximum atomic E-state index is 12.5. The van der Waals surface area contributed by atoms with Gasteiger partial charge in [-0.1, -0.05) is 12.1 Å². The fourth-order valence-electron chi connectivity index (χ4n) is 5.05. The molecule has 0 aromatic heterocycles. The first-order chi connectivity index (χ1) is 12.8. The molecule has 0 saturated carbocycles. The molecule has 0 unspecified atom stereocenters. The van der Waals surface area contributed by atoms with Crippen molar-refractivity contribution in [2.75, 3.05) is 0 Å². The molecule has 0 radical (unpaired) electrons. The number of carbonyl (C=O) groups is 2. The second-order valence-corrected chi connectivity index (χ2v) is 7.44. The number of ketones is 2. The number of carbonyl (C=O) groups excluding carboxylic acids is 2. The zero-order chi connectivity index (χ0) is 19.2. The van der Waals surface area contributed by atoms with E-state index < -0.39 is 41.7 Å². The summed E-state index contributed by atoms with van der Waals surface area (Å²) in [5, 5.41) is 53.5. The van der Waals surface area contributed by atoms with E-state index in [1.54, 1.807) is 6.07 Å². The smallest absolute Gasteiger partial charge is 0.169 e. The van der Waals surface area contributed by atoms with E-state index in [0.29, 0.717) is 11.1 Å². The number of hydrogen-bond donors (Lipinski definition) is 5. The van der Waals surface area contributed by atoms with Gasteiger partial charge in [-0.05, 0) is 28.8 Å². The summed E-state index contributed by atoms with van der Waals surface area (Å²) < 4.78 is 0. The lowest BCUT2D eigenvalue weighted by atomic mass is 9.57. The Hall–Kier alpha value is -2.74. The summed E-state index contributed by atoms with van der Waals surface area (Å²) in [6, 6.07) is 5.72. The fourth-order valence-corrected chi connectivity index (χ4v) is 5.05. The maximum absolute atomic E-state index is 12.5. The highest BCUT2D eigenvalue weighted by Gasteiger charge is 2.60. The summed E-state index contributed by atoms with van der Waals surface area (Å²) in [5.41, 5.74) is -0.958. The van der Waals surface area contributed by atoms with Gasteiger partial charge in [0.05, 0.1) is 23.3 Å². The lowest BCUT2D eigenvalue weighted by Crippen LogP contribution is -2.56. The third-order valence-electron chi connectivity index (χ3n) is 6.11. The highest BCUT2D eigenvalue weighted by atomic mass is 16.3. The molecule has 0 aliphatic heterocycles. The first kappa shape index (κ1) is 16.4.